The van der Waals surface area contributed by atoms with Gasteiger partial charge >= 0.3 is 6.18 Å². The van der Waals surface area contributed by atoms with Crippen molar-refractivity contribution in [1.29, 1.82) is 0 Å². The molecule has 3 nitrogen and oxygen atoms in total. The van der Waals surface area contributed by atoms with Gasteiger partial charge in [-0.1, -0.05) is 0 Å². The van der Waals surface area contributed by atoms with E-state index in [2.05, 4.69) is 4.98 Å². The molecule has 0 saturated heterocycles. The average Bonchev–Trinajstić information content (AvgIpc) is 2.14. The van der Waals surface area contributed by atoms with Crippen LogP contribution in [-0.2, 0) is 0 Å². The number of carbonyl (C=O) groups is 1. The molecule has 0 bridgehead atoms. The Hall–Kier alpha value is -1.59. The van der Waals surface area contributed by atoms with Crippen LogP contribution in [0.3, 0.4) is 0 Å². The Morgan fingerprint density at radius 1 is 1.38 bits per heavy atom. The fourth-order valence-electron chi connectivity index (χ4n) is 1.04. The Labute approximate surface area is 90.2 Å². The van der Waals surface area contributed by atoms with Crippen LogP contribution in [0.2, 0.25) is 0 Å². The molecule has 1 aromatic rings. The predicted molar refractivity (Wildman–Crippen MR) is 50.4 cm³/mol. The van der Waals surface area contributed by atoms with Gasteiger partial charge in [-0.15, -0.1) is 0 Å². The van der Waals surface area contributed by atoms with E-state index in [4.69, 9.17) is 4.74 Å². The molecule has 0 fully saturated rings. The second kappa shape index (κ2) is 4.51. The molecule has 0 aliphatic heterocycles. The lowest BCUT2D eigenvalue weighted by molar-refractivity contribution is -0.0885. The van der Waals surface area contributed by atoms with Crippen LogP contribution in [0.25, 0.3) is 0 Å². The molecule has 88 valence electrons. The highest BCUT2D eigenvalue weighted by Crippen LogP contribution is 2.23. The van der Waals surface area contributed by atoms with Crippen LogP contribution in [0, 0.1) is 0 Å². The van der Waals surface area contributed by atoms with Crippen LogP contribution >= 0.6 is 0 Å². The highest BCUT2D eigenvalue weighted by atomic mass is 19.4. The number of ketones is 1. The van der Waals surface area contributed by atoms with Gasteiger partial charge in [-0.3, -0.25) is 9.78 Å². The summed E-state index contributed by atoms with van der Waals surface area (Å²) >= 11 is 0. The number of carbonyl (C=O) groups excluding carboxylic acids is 1. The van der Waals surface area contributed by atoms with Gasteiger partial charge in [-0.25, -0.2) is 0 Å². The Morgan fingerprint density at radius 2 is 2.00 bits per heavy atom. The Kier molecular flexibility index (Phi) is 3.51. The number of aromatic nitrogens is 1. The highest BCUT2D eigenvalue weighted by molar-refractivity contribution is 6.00. The molecule has 0 aromatic carbocycles. The van der Waals surface area contributed by atoms with E-state index in [1.165, 1.54) is 6.20 Å². The molecule has 0 radical (unpaired) electrons. The van der Waals surface area contributed by atoms with Gasteiger partial charge in [0.15, 0.2) is 0 Å². The van der Waals surface area contributed by atoms with Gasteiger partial charge in [0.2, 0.25) is 0 Å². The van der Waals surface area contributed by atoms with Gasteiger partial charge in [0.1, 0.15) is 5.75 Å². The molecule has 0 N–H and O–H groups in total. The summed E-state index contributed by atoms with van der Waals surface area (Å²) < 4.78 is 41.5. The van der Waals surface area contributed by atoms with E-state index < -0.39 is 17.5 Å². The van der Waals surface area contributed by atoms with Crippen LogP contribution in [0.4, 0.5) is 13.2 Å². The monoisotopic (exact) mass is 233 g/mol. The minimum atomic E-state index is -4.89. The quantitative estimate of drug-likeness (QED) is 0.753. The van der Waals surface area contributed by atoms with Gasteiger partial charge in [0.25, 0.3) is 5.78 Å². The van der Waals surface area contributed by atoms with E-state index in [-0.39, 0.29) is 11.9 Å². The molecule has 1 heterocycles. The normalized spacial score (nSPS) is 11.6. The fourth-order valence-corrected chi connectivity index (χ4v) is 1.04. The topological polar surface area (TPSA) is 39.2 Å². The van der Waals surface area contributed by atoms with E-state index in [1.54, 1.807) is 13.8 Å². The van der Waals surface area contributed by atoms with Crippen molar-refractivity contribution in [2.45, 2.75) is 26.1 Å². The molecule has 0 aliphatic carbocycles. The first kappa shape index (κ1) is 12.5. The van der Waals surface area contributed by atoms with Crippen molar-refractivity contribution in [2.75, 3.05) is 0 Å². The molecule has 16 heavy (non-hydrogen) atoms. The van der Waals surface area contributed by atoms with Gasteiger partial charge in [-0.05, 0) is 19.9 Å². The van der Waals surface area contributed by atoms with Crippen LogP contribution in [0.15, 0.2) is 18.5 Å². The molecular formula is C10H10F3NO2. The van der Waals surface area contributed by atoms with Crippen molar-refractivity contribution in [3.05, 3.63) is 24.0 Å². The van der Waals surface area contributed by atoms with Crippen molar-refractivity contribution in [3.8, 4) is 5.75 Å². The molecule has 0 amide bonds. The maximum atomic E-state index is 12.1. The standard InChI is InChI=1S/C10H10F3NO2/c1-6(2)16-8-3-7(4-14-5-8)9(15)10(11,12)13/h3-6H,1-2H3. The number of rotatable bonds is 3. The molecule has 1 aromatic heterocycles. The highest BCUT2D eigenvalue weighted by Gasteiger charge is 2.39. The van der Waals surface area contributed by atoms with E-state index in [1.807, 2.05) is 0 Å². The average molecular weight is 233 g/mol. The van der Waals surface area contributed by atoms with E-state index >= 15 is 0 Å². The summed E-state index contributed by atoms with van der Waals surface area (Å²) in [5.74, 6) is -1.78. The number of alkyl halides is 3. The van der Waals surface area contributed by atoms with Crippen molar-refractivity contribution in [3.63, 3.8) is 0 Å². The zero-order valence-electron chi connectivity index (χ0n) is 8.71. The number of halogens is 3. The lowest BCUT2D eigenvalue weighted by Crippen LogP contribution is -2.23. The maximum Gasteiger partial charge on any atom is 0.454 e. The SMILES string of the molecule is CC(C)Oc1cncc(C(=O)C(F)(F)F)c1. The largest absolute Gasteiger partial charge is 0.489 e. The first-order chi connectivity index (χ1) is 7.30. The lowest BCUT2D eigenvalue weighted by atomic mass is 10.2. The number of ether oxygens (including phenoxy) is 1. The summed E-state index contributed by atoms with van der Waals surface area (Å²) in [6.45, 7) is 3.44. The summed E-state index contributed by atoms with van der Waals surface area (Å²) in [6.07, 6.45) is -2.97. The minimum Gasteiger partial charge on any atom is -0.489 e. The second-order valence-corrected chi connectivity index (χ2v) is 3.40. The molecule has 0 spiro atoms. The smallest absolute Gasteiger partial charge is 0.454 e. The second-order valence-electron chi connectivity index (χ2n) is 3.40. The number of Topliss-reactive ketones (excluding diaryl/α,β-unsaturated/α-hetero) is 1. The van der Waals surface area contributed by atoms with Crippen LogP contribution in [0.5, 0.6) is 5.75 Å². The Bertz CT molecular complexity index is 388. The predicted octanol–water partition coefficient (Wildman–Crippen LogP) is 2.61. The van der Waals surface area contributed by atoms with Crippen molar-refractivity contribution in [1.82, 2.24) is 4.98 Å². The summed E-state index contributed by atoms with van der Waals surface area (Å²) in [5.41, 5.74) is -0.523. The number of pyridine rings is 1. The van der Waals surface area contributed by atoms with Gasteiger partial charge < -0.3 is 4.74 Å². The lowest BCUT2D eigenvalue weighted by Gasteiger charge is -2.10. The summed E-state index contributed by atoms with van der Waals surface area (Å²) in [6, 6.07) is 1.03. The van der Waals surface area contributed by atoms with E-state index in [9.17, 15) is 18.0 Å². The maximum absolute atomic E-state index is 12.1. The van der Waals surface area contributed by atoms with E-state index in [0.29, 0.717) is 0 Å². The van der Waals surface area contributed by atoms with Gasteiger partial charge in [0.05, 0.1) is 12.3 Å². The molecular weight excluding hydrogens is 223 g/mol. The Balaban J connectivity index is 2.95. The summed E-state index contributed by atoms with van der Waals surface area (Å²) in [7, 11) is 0. The molecule has 1 rings (SSSR count). The minimum absolute atomic E-state index is 0.144. The van der Waals surface area contributed by atoms with Gasteiger partial charge in [0, 0.05) is 11.8 Å². The zero-order chi connectivity index (χ0) is 12.3. The first-order valence-electron chi connectivity index (χ1n) is 4.54. The molecule has 0 atom stereocenters. The molecule has 6 heteroatoms. The number of hydrogen-bond donors (Lipinski definition) is 0. The van der Waals surface area contributed by atoms with Crippen LogP contribution in [-0.4, -0.2) is 23.0 Å². The van der Waals surface area contributed by atoms with Crippen molar-refractivity contribution >= 4 is 5.78 Å². The first-order valence-corrected chi connectivity index (χ1v) is 4.54. The third-order valence-electron chi connectivity index (χ3n) is 1.60. The number of nitrogens with zero attached hydrogens (tertiary/aromatic N) is 1. The summed E-state index contributed by atoms with van der Waals surface area (Å²) in [4.78, 5) is 14.4. The van der Waals surface area contributed by atoms with Gasteiger partial charge in [-0.2, -0.15) is 13.2 Å². The van der Waals surface area contributed by atoms with Crippen molar-refractivity contribution < 1.29 is 22.7 Å². The zero-order valence-corrected chi connectivity index (χ0v) is 8.71. The van der Waals surface area contributed by atoms with Crippen LogP contribution in [0.1, 0.15) is 24.2 Å². The molecule has 0 saturated carbocycles. The van der Waals surface area contributed by atoms with E-state index in [0.717, 1.165) is 12.3 Å². The fraction of sp³-hybridized carbons (Fsp3) is 0.400. The third kappa shape index (κ3) is 3.22. The third-order valence-corrected chi connectivity index (χ3v) is 1.60. The Morgan fingerprint density at radius 3 is 2.50 bits per heavy atom. The van der Waals surface area contributed by atoms with Crippen LogP contribution < -0.4 is 4.74 Å². The number of hydrogen-bond acceptors (Lipinski definition) is 3. The summed E-state index contributed by atoms with van der Waals surface area (Å²) in [5, 5.41) is 0. The molecule has 0 unspecified atom stereocenters. The molecule has 0 aliphatic rings. The van der Waals surface area contributed by atoms with Crippen molar-refractivity contribution in [2.24, 2.45) is 0 Å².